The van der Waals surface area contributed by atoms with Gasteiger partial charge in [-0.3, -0.25) is 9.71 Å². The van der Waals surface area contributed by atoms with Crippen molar-refractivity contribution in [1.29, 1.82) is 0 Å². The van der Waals surface area contributed by atoms with Gasteiger partial charge in [0.2, 0.25) is 0 Å². The normalized spacial score (nSPS) is 11.3. The first-order valence-corrected chi connectivity index (χ1v) is 8.18. The van der Waals surface area contributed by atoms with E-state index in [0.29, 0.717) is 18.9 Å². The summed E-state index contributed by atoms with van der Waals surface area (Å²) in [6, 6.07) is 8.48. The molecule has 0 aliphatic rings. The molecule has 0 atom stereocenters. The number of benzene rings is 1. The minimum Gasteiger partial charge on any atom is -0.377 e. The first-order chi connectivity index (χ1) is 10.0. The van der Waals surface area contributed by atoms with E-state index in [1.54, 1.807) is 18.2 Å². The Labute approximate surface area is 129 Å². The average molecular weight is 327 g/mol. The second-order valence-corrected chi connectivity index (χ2v) is 6.26. The van der Waals surface area contributed by atoms with Gasteiger partial charge in [0.25, 0.3) is 10.0 Å². The van der Waals surface area contributed by atoms with E-state index in [-0.39, 0.29) is 9.92 Å². The zero-order valence-electron chi connectivity index (χ0n) is 11.4. The van der Waals surface area contributed by atoms with Crippen LogP contribution in [0.4, 0.5) is 5.69 Å². The average Bonchev–Trinajstić information content (AvgIpc) is 2.46. The van der Waals surface area contributed by atoms with E-state index in [1.807, 2.05) is 13.0 Å². The zero-order chi connectivity index (χ0) is 15.3. The van der Waals surface area contributed by atoms with Crippen LogP contribution in [0.5, 0.6) is 0 Å². The highest BCUT2D eigenvalue weighted by Gasteiger charge is 2.19. The van der Waals surface area contributed by atoms with Crippen LogP contribution >= 0.6 is 11.6 Å². The highest BCUT2D eigenvalue weighted by Crippen LogP contribution is 2.24. The lowest BCUT2D eigenvalue weighted by molar-refractivity contribution is 0.134. The van der Waals surface area contributed by atoms with E-state index in [4.69, 9.17) is 16.3 Å². The molecule has 1 N–H and O–H groups in total. The van der Waals surface area contributed by atoms with Gasteiger partial charge in [-0.15, -0.1) is 0 Å². The topological polar surface area (TPSA) is 68.3 Å². The minimum atomic E-state index is -3.79. The lowest BCUT2D eigenvalue weighted by Gasteiger charge is -2.13. The second kappa shape index (κ2) is 6.89. The van der Waals surface area contributed by atoms with Gasteiger partial charge < -0.3 is 4.74 Å². The predicted molar refractivity (Wildman–Crippen MR) is 81.8 cm³/mol. The molecule has 0 radical (unpaired) electrons. The number of pyridine rings is 1. The van der Waals surface area contributed by atoms with Crippen LogP contribution in [0.25, 0.3) is 0 Å². The van der Waals surface area contributed by atoms with Crippen LogP contribution in [0.15, 0.2) is 47.6 Å². The van der Waals surface area contributed by atoms with Crippen LogP contribution < -0.4 is 4.72 Å². The van der Waals surface area contributed by atoms with E-state index < -0.39 is 10.0 Å². The fourth-order valence-electron chi connectivity index (χ4n) is 1.72. The van der Waals surface area contributed by atoms with Gasteiger partial charge in [0.05, 0.1) is 17.3 Å². The number of hydrogen-bond donors (Lipinski definition) is 1. The van der Waals surface area contributed by atoms with Crippen LogP contribution in [0.1, 0.15) is 12.5 Å². The molecule has 2 rings (SSSR count). The van der Waals surface area contributed by atoms with Crippen LogP contribution in [0.2, 0.25) is 5.02 Å². The summed E-state index contributed by atoms with van der Waals surface area (Å²) in [7, 11) is -3.79. The van der Waals surface area contributed by atoms with E-state index in [2.05, 4.69) is 9.71 Å². The Morgan fingerprint density at radius 2 is 2.05 bits per heavy atom. The van der Waals surface area contributed by atoms with Crippen LogP contribution in [0, 0.1) is 0 Å². The van der Waals surface area contributed by atoms with Gasteiger partial charge in [0, 0.05) is 24.6 Å². The van der Waals surface area contributed by atoms with E-state index in [0.717, 1.165) is 5.56 Å². The molecule has 0 spiro atoms. The third-order valence-electron chi connectivity index (χ3n) is 2.75. The number of rotatable bonds is 6. The van der Waals surface area contributed by atoms with E-state index >= 15 is 0 Å². The number of para-hydroxylation sites is 1. The number of sulfonamides is 1. The number of aromatic nitrogens is 1. The minimum absolute atomic E-state index is 0.0575. The maximum Gasteiger partial charge on any atom is 0.264 e. The van der Waals surface area contributed by atoms with Gasteiger partial charge in [-0.2, -0.15) is 0 Å². The Kier molecular flexibility index (Phi) is 5.17. The van der Waals surface area contributed by atoms with Crippen molar-refractivity contribution in [3.05, 3.63) is 53.3 Å². The summed E-state index contributed by atoms with van der Waals surface area (Å²) < 4.78 is 32.6. The van der Waals surface area contributed by atoms with Gasteiger partial charge in [-0.1, -0.05) is 29.8 Å². The quantitative estimate of drug-likeness (QED) is 0.885. The van der Waals surface area contributed by atoms with E-state index in [9.17, 15) is 8.42 Å². The highest BCUT2D eigenvalue weighted by atomic mass is 35.5. The van der Waals surface area contributed by atoms with Gasteiger partial charge in [-0.25, -0.2) is 8.42 Å². The van der Waals surface area contributed by atoms with Gasteiger partial charge in [0.1, 0.15) is 4.90 Å². The van der Waals surface area contributed by atoms with Gasteiger partial charge in [0.15, 0.2) is 0 Å². The molecule has 0 aliphatic heterocycles. The number of nitrogens with zero attached hydrogens (tertiary/aromatic N) is 1. The molecule has 5 nitrogen and oxygen atoms in total. The molecule has 21 heavy (non-hydrogen) atoms. The van der Waals surface area contributed by atoms with Crippen molar-refractivity contribution in [3.63, 3.8) is 0 Å². The predicted octanol–water partition coefficient (Wildman–Crippen LogP) is 3.07. The molecule has 7 heteroatoms. The number of hydrogen-bond acceptors (Lipinski definition) is 4. The van der Waals surface area contributed by atoms with Crippen molar-refractivity contribution in [2.24, 2.45) is 0 Å². The van der Waals surface area contributed by atoms with Crippen molar-refractivity contribution >= 4 is 27.3 Å². The first-order valence-electron chi connectivity index (χ1n) is 6.32. The fourth-order valence-corrected chi connectivity index (χ4v) is 3.25. The van der Waals surface area contributed by atoms with Crippen molar-refractivity contribution in [2.75, 3.05) is 11.3 Å². The van der Waals surface area contributed by atoms with Crippen molar-refractivity contribution in [1.82, 2.24) is 4.98 Å². The molecule has 0 saturated heterocycles. The molecule has 0 amide bonds. The van der Waals surface area contributed by atoms with Gasteiger partial charge >= 0.3 is 0 Å². The molecular weight excluding hydrogens is 312 g/mol. The molecular formula is C14H15ClN2O3S. The molecule has 0 saturated carbocycles. The molecule has 112 valence electrons. The third kappa shape index (κ3) is 3.93. The molecule has 0 unspecified atom stereocenters. The fraction of sp³-hybridized carbons (Fsp3) is 0.214. The molecule has 1 aromatic carbocycles. The summed E-state index contributed by atoms with van der Waals surface area (Å²) in [6.07, 6.45) is 2.65. The Bertz CT molecular complexity index is 720. The maximum atomic E-state index is 12.4. The Hall–Kier alpha value is -1.63. The first kappa shape index (κ1) is 15.8. The lowest BCUT2D eigenvalue weighted by atomic mass is 10.2. The monoisotopic (exact) mass is 326 g/mol. The standard InChI is InChI=1S/C14H15ClN2O3S/c1-2-20-10-11-5-3-4-6-13(11)17-21(18,19)14-9-16-8-7-12(14)15/h3-9,17H,2,10H2,1H3. The SMILES string of the molecule is CCOCc1ccccc1NS(=O)(=O)c1cnccc1Cl. The number of nitrogens with one attached hydrogen (secondary N) is 1. The van der Waals surface area contributed by atoms with Crippen LogP contribution in [-0.4, -0.2) is 20.0 Å². The zero-order valence-corrected chi connectivity index (χ0v) is 13.0. The van der Waals surface area contributed by atoms with Gasteiger partial charge in [-0.05, 0) is 19.1 Å². The molecule has 0 aliphatic carbocycles. The Balaban J connectivity index is 2.31. The lowest BCUT2D eigenvalue weighted by Crippen LogP contribution is -2.15. The Morgan fingerprint density at radius 1 is 1.29 bits per heavy atom. The van der Waals surface area contributed by atoms with Crippen molar-refractivity contribution in [2.45, 2.75) is 18.4 Å². The molecule has 0 bridgehead atoms. The van der Waals surface area contributed by atoms with E-state index in [1.165, 1.54) is 18.5 Å². The summed E-state index contributed by atoms with van der Waals surface area (Å²) in [5, 5.41) is 0.125. The largest absolute Gasteiger partial charge is 0.377 e. The number of anilines is 1. The highest BCUT2D eigenvalue weighted by molar-refractivity contribution is 7.92. The van der Waals surface area contributed by atoms with Crippen LogP contribution in [-0.2, 0) is 21.4 Å². The molecule has 0 fully saturated rings. The number of ether oxygens (including phenoxy) is 1. The summed E-state index contributed by atoms with van der Waals surface area (Å²) >= 11 is 5.91. The molecule has 1 aromatic heterocycles. The smallest absolute Gasteiger partial charge is 0.264 e. The summed E-state index contributed by atoms with van der Waals surface area (Å²) in [5.74, 6) is 0. The Morgan fingerprint density at radius 3 is 2.76 bits per heavy atom. The summed E-state index contributed by atoms with van der Waals surface area (Å²) in [4.78, 5) is 3.74. The van der Waals surface area contributed by atoms with Crippen molar-refractivity contribution < 1.29 is 13.2 Å². The summed E-state index contributed by atoms with van der Waals surface area (Å²) in [5.41, 5.74) is 1.22. The maximum absolute atomic E-state index is 12.4. The molecule has 2 aromatic rings. The van der Waals surface area contributed by atoms with Crippen molar-refractivity contribution in [3.8, 4) is 0 Å². The summed E-state index contributed by atoms with van der Waals surface area (Å²) in [6.45, 7) is 2.76. The number of halogens is 1. The third-order valence-corrected chi connectivity index (χ3v) is 4.58. The second-order valence-electron chi connectivity index (χ2n) is 4.21. The van der Waals surface area contributed by atoms with Crippen LogP contribution in [0.3, 0.4) is 0 Å². The molecule has 1 heterocycles.